The van der Waals surface area contributed by atoms with Gasteiger partial charge >= 0.3 is 0 Å². The zero-order valence-electron chi connectivity index (χ0n) is 14.9. The number of benzene rings is 2. The molecule has 2 aromatic carbocycles. The Hall–Kier alpha value is -2.29. The molecule has 0 fully saturated rings. The molecule has 0 bridgehead atoms. The van der Waals surface area contributed by atoms with Crippen molar-refractivity contribution in [2.75, 3.05) is 11.9 Å². The van der Waals surface area contributed by atoms with Gasteiger partial charge in [-0.2, -0.15) is 0 Å². The number of ether oxygens (including phenoxy) is 1. The van der Waals surface area contributed by atoms with Gasteiger partial charge in [0.15, 0.2) is 0 Å². The van der Waals surface area contributed by atoms with Crippen molar-refractivity contribution in [1.82, 2.24) is 0 Å². The number of carbonyl (C=O) groups excluding carboxylic acids is 1. The maximum Gasteiger partial charge on any atom is 0.224 e. The number of carbonyl (C=O) groups is 1. The fourth-order valence-electron chi connectivity index (χ4n) is 2.68. The van der Waals surface area contributed by atoms with Crippen LogP contribution in [0.15, 0.2) is 42.5 Å². The Morgan fingerprint density at radius 3 is 2.33 bits per heavy atom. The molecule has 2 rings (SSSR count). The predicted molar refractivity (Wildman–Crippen MR) is 99.7 cm³/mol. The van der Waals surface area contributed by atoms with Crippen LogP contribution in [0.4, 0.5) is 5.69 Å². The molecule has 0 heterocycles. The van der Waals surface area contributed by atoms with Gasteiger partial charge in [0.2, 0.25) is 5.91 Å². The van der Waals surface area contributed by atoms with Crippen LogP contribution in [0.3, 0.4) is 0 Å². The van der Waals surface area contributed by atoms with E-state index < -0.39 is 0 Å². The van der Waals surface area contributed by atoms with Crippen molar-refractivity contribution in [2.45, 2.75) is 46.5 Å². The molecule has 0 radical (unpaired) electrons. The minimum atomic E-state index is 0.0364. The minimum absolute atomic E-state index is 0.0364. The normalized spacial score (nSPS) is 10.5. The molecule has 0 aliphatic carbocycles. The van der Waals surface area contributed by atoms with Gasteiger partial charge in [0, 0.05) is 12.1 Å². The fraction of sp³-hybridized carbons (Fsp3) is 0.381. The lowest BCUT2D eigenvalue weighted by atomic mass is 10.1. The van der Waals surface area contributed by atoms with Crippen LogP contribution in [0, 0.1) is 13.8 Å². The first kappa shape index (κ1) is 18.1. The molecule has 3 heteroatoms. The van der Waals surface area contributed by atoms with Gasteiger partial charge in [-0.25, -0.2) is 0 Å². The number of para-hydroxylation sites is 1. The lowest BCUT2D eigenvalue weighted by molar-refractivity contribution is -0.116. The molecule has 0 aliphatic rings. The molecule has 2 aromatic rings. The summed E-state index contributed by atoms with van der Waals surface area (Å²) in [6.45, 7) is 6.74. The van der Waals surface area contributed by atoms with Gasteiger partial charge in [-0.05, 0) is 55.5 Å². The van der Waals surface area contributed by atoms with E-state index in [1.165, 1.54) is 5.56 Å². The number of nitrogens with one attached hydrogen (secondary N) is 1. The summed E-state index contributed by atoms with van der Waals surface area (Å²) in [6.07, 6.45) is 3.41. The first-order valence-corrected chi connectivity index (χ1v) is 8.68. The van der Waals surface area contributed by atoms with Crippen LogP contribution in [0.5, 0.6) is 5.75 Å². The molecular weight excluding hydrogens is 298 g/mol. The highest BCUT2D eigenvalue weighted by Crippen LogP contribution is 2.19. The molecule has 0 unspecified atom stereocenters. The van der Waals surface area contributed by atoms with Crippen molar-refractivity contribution in [1.29, 1.82) is 0 Å². The number of amides is 1. The van der Waals surface area contributed by atoms with E-state index in [1.807, 2.05) is 44.2 Å². The summed E-state index contributed by atoms with van der Waals surface area (Å²) in [5, 5.41) is 3.00. The van der Waals surface area contributed by atoms with Crippen molar-refractivity contribution < 1.29 is 9.53 Å². The Morgan fingerprint density at radius 2 is 1.71 bits per heavy atom. The molecule has 1 N–H and O–H groups in total. The first-order valence-electron chi connectivity index (χ1n) is 8.68. The summed E-state index contributed by atoms with van der Waals surface area (Å²) < 4.78 is 5.71. The van der Waals surface area contributed by atoms with Crippen LogP contribution in [0.2, 0.25) is 0 Å². The summed E-state index contributed by atoms with van der Waals surface area (Å²) in [7, 11) is 0. The molecule has 0 aromatic heterocycles. The van der Waals surface area contributed by atoms with E-state index in [4.69, 9.17) is 4.74 Å². The smallest absolute Gasteiger partial charge is 0.224 e. The Kier molecular flexibility index (Phi) is 6.86. The van der Waals surface area contributed by atoms with Crippen LogP contribution in [0.1, 0.15) is 42.9 Å². The van der Waals surface area contributed by atoms with Crippen molar-refractivity contribution in [3.05, 3.63) is 59.2 Å². The fourth-order valence-corrected chi connectivity index (χ4v) is 2.68. The highest BCUT2D eigenvalue weighted by molar-refractivity contribution is 5.92. The van der Waals surface area contributed by atoms with Gasteiger partial charge in [-0.3, -0.25) is 4.79 Å². The summed E-state index contributed by atoms with van der Waals surface area (Å²) >= 11 is 0. The van der Waals surface area contributed by atoms with Gasteiger partial charge in [0.05, 0.1) is 6.61 Å². The van der Waals surface area contributed by atoms with Gasteiger partial charge in [0.25, 0.3) is 0 Å². The van der Waals surface area contributed by atoms with Gasteiger partial charge in [0.1, 0.15) is 5.75 Å². The molecule has 24 heavy (non-hydrogen) atoms. The van der Waals surface area contributed by atoms with E-state index in [0.717, 1.165) is 35.4 Å². The second kappa shape index (κ2) is 9.11. The van der Waals surface area contributed by atoms with E-state index >= 15 is 0 Å². The van der Waals surface area contributed by atoms with Crippen molar-refractivity contribution >= 4 is 11.6 Å². The number of rotatable bonds is 8. The van der Waals surface area contributed by atoms with E-state index in [9.17, 15) is 4.79 Å². The average Bonchev–Trinajstić information content (AvgIpc) is 2.57. The Labute approximate surface area is 145 Å². The number of hydrogen-bond donors (Lipinski definition) is 1. The summed E-state index contributed by atoms with van der Waals surface area (Å²) in [4.78, 5) is 12.1. The third kappa shape index (κ3) is 5.41. The van der Waals surface area contributed by atoms with E-state index in [0.29, 0.717) is 19.4 Å². The monoisotopic (exact) mass is 325 g/mol. The average molecular weight is 325 g/mol. The second-order valence-corrected chi connectivity index (χ2v) is 6.16. The summed E-state index contributed by atoms with van der Waals surface area (Å²) in [6, 6.07) is 14.2. The van der Waals surface area contributed by atoms with Gasteiger partial charge in [-0.1, -0.05) is 43.7 Å². The lowest BCUT2D eigenvalue weighted by Crippen LogP contribution is -2.14. The Morgan fingerprint density at radius 1 is 1.04 bits per heavy atom. The molecule has 0 aliphatic heterocycles. The molecule has 1 amide bonds. The standard InChI is InChI=1S/C21H27NO2/c1-4-7-18-11-13-19(14-12-18)24-15-6-10-20(23)22-21-16(2)8-5-9-17(21)3/h5,8-9,11-14H,4,6-7,10,15H2,1-3H3,(H,22,23). The third-order valence-electron chi connectivity index (χ3n) is 4.02. The molecule has 0 spiro atoms. The van der Waals surface area contributed by atoms with Crippen LogP contribution in [-0.4, -0.2) is 12.5 Å². The molecule has 3 nitrogen and oxygen atoms in total. The van der Waals surface area contributed by atoms with Crippen LogP contribution >= 0.6 is 0 Å². The third-order valence-corrected chi connectivity index (χ3v) is 4.02. The topological polar surface area (TPSA) is 38.3 Å². The van der Waals surface area contributed by atoms with Gasteiger partial charge < -0.3 is 10.1 Å². The van der Waals surface area contributed by atoms with Crippen LogP contribution in [-0.2, 0) is 11.2 Å². The quantitative estimate of drug-likeness (QED) is 0.689. The maximum atomic E-state index is 12.1. The summed E-state index contributed by atoms with van der Waals surface area (Å²) in [5.41, 5.74) is 4.44. The van der Waals surface area contributed by atoms with Crippen LogP contribution in [0.25, 0.3) is 0 Å². The van der Waals surface area contributed by atoms with E-state index in [1.54, 1.807) is 0 Å². The Bertz CT molecular complexity index is 642. The van der Waals surface area contributed by atoms with E-state index in [2.05, 4.69) is 24.4 Å². The molecule has 0 saturated carbocycles. The zero-order valence-corrected chi connectivity index (χ0v) is 14.9. The number of anilines is 1. The van der Waals surface area contributed by atoms with Crippen molar-refractivity contribution in [3.63, 3.8) is 0 Å². The Balaban J connectivity index is 1.73. The predicted octanol–water partition coefficient (Wildman–Crippen LogP) is 5.05. The molecule has 0 saturated heterocycles. The maximum absolute atomic E-state index is 12.1. The zero-order chi connectivity index (χ0) is 17.4. The number of hydrogen-bond acceptors (Lipinski definition) is 2. The summed E-state index contributed by atoms with van der Waals surface area (Å²) in [5.74, 6) is 0.902. The van der Waals surface area contributed by atoms with Gasteiger partial charge in [-0.15, -0.1) is 0 Å². The lowest BCUT2D eigenvalue weighted by Gasteiger charge is -2.11. The minimum Gasteiger partial charge on any atom is -0.494 e. The highest BCUT2D eigenvalue weighted by atomic mass is 16.5. The first-order chi connectivity index (χ1) is 11.6. The number of aryl methyl sites for hydroxylation is 3. The van der Waals surface area contributed by atoms with E-state index in [-0.39, 0.29) is 5.91 Å². The molecular formula is C21H27NO2. The SMILES string of the molecule is CCCc1ccc(OCCCC(=O)Nc2c(C)cccc2C)cc1. The van der Waals surface area contributed by atoms with Crippen molar-refractivity contribution in [2.24, 2.45) is 0 Å². The van der Waals surface area contributed by atoms with Crippen molar-refractivity contribution in [3.8, 4) is 5.75 Å². The highest BCUT2D eigenvalue weighted by Gasteiger charge is 2.07. The van der Waals surface area contributed by atoms with Crippen LogP contribution < -0.4 is 10.1 Å². The second-order valence-electron chi connectivity index (χ2n) is 6.16. The largest absolute Gasteiger partial charge is 0.494 e. The molecule has 0 atom stereocenters. The molecule has 128 valence electrons.